The van der Waals surface area contributed by atoms with Crippen molar-refractivity contribution in [1.29, 1.82) is 0 Å². The maximum atomic E-state index is 12.9. The number of aromatic nitrogens is 2. The van der Waals surface area contributed by atoms with Gasteiger partial charge in [-0.3, -0.25) is 4.79 Å². The molecule has 5 nitrogen and oxygen atoms in total. The smallest absolute Gasteiger partial charge is 0.254 e. The molecule has 0 aliphatic rings. The Morgan fingerprint density at radius 1 is 1.33 bits per heavy atom. The Morgan fingerprint density at radius 3 is 2.78 bits per heavy atom. The molecule has 0 amide bonds. The van der Waals surface area contributed by atoms with Crippen LogP contribution in [0.15, 0.2) is 29.1 Å². The Hall–Kier alpha value is -2.37. The molecule has 18 heavy (non-hydrogen) atoms. The lowest BCUT2D eigenvalue weighted by atomic mass is 10.1. The van der Waals surface area contributed by atoms with Crippen LogP contribution in [0.4, 0.5) is 10.1 Å². The highest BCUT2D eigenvalue weighted by molar-refractivity contribution is 5.42. The third-order valence-corrected chi connectivity index (χ3v) is 2.49. The molecule has 0 atom stereocenters. The van der Waals surface area contributed by atoms with E-state index >= 15 is 0 Å². The molecule has 0 bridgehead atoms. The number of rotatable bonds is 3. The van der Waals surface area contributed by atoms with Crippen molar-refractivity contribution < 1.29 is 9.50 Å². The van der Waals surface area contributed by atoms with Gasteiger partial charge in [0.2, 0.25) is 5.88 Å². The number of aromatic hydroxyl groups is 1. The van der Waals surface area contributed by atoms with Gasteiger partial charge in [0.25, 0.3) is 5.56 Å². The van der Waals surface area contributed by atoms with Crippen LogP contribution in [-0.4, -0.2) is 15.1 Å². The van der Waals surface area contributed by atoms with Crippen LogP contribution >= 0.6 is 0 Å². The van der Waals surface area contributed by atoms with Crippen LogP contribution in [-0.2, 0) is 12.8 Å². The number of hydrogen-bond acceptors (Lipinski definition) is 4. The van der Waals surface area contributed by atoms with Crippen molar-refractivity contribution in [2.24, 2.45) is 0 Å². The summed E-state index contributed by atoms with van der Waals surface area (Å²) in [6, 6.07) is 5.45. The molecule has 1 aromatic carbocycles. The molecule has 0 saturated heterocycles. The van der Waals surface area contributed by atoms with Gasteiger partial charge >= 0.3 is 0 Å². The van der Waals surface area contributed by atoms with Gasteiger partial charge in [-0.1, -0.05) is 6.07 Å². The first kappa shape index (κ1) is 12.1. The van der Waals surface area contributed by atoms with Crippen molar-refractivity contribution >= 4 is 5.69 Å². The Labute approximate surface area is 102 Å². The van der Waals surface area contributed by atoms with Gasteiger partial charge in [-0.05, 0) is 24.1 Å². The molecule has 0 fully saturated rings. The number of hydrogen-bond donors (Lipinski definition) is 3. The zero-order valence-corrected chi connectivity index (χ0v) is 9.48. The maximum Gasteiger partial charge on any atom is 0.254 e. The predicted molar refractivity (Wildman–Crippen MR) is 64.7 cm³/mol. The van der Waals surface area contributed by atoms with E-state index in [4.69, 9.17) is 5.73 Å². The van der Waals surface area contributed by atoms with Crippen LogP contribution in [0.1, 0.15) is 11.4 Å². The number of anilines is 1. The predicted octanol–water partition coefficient (Wildman–Crippen LogP) is 0.982. The summed E-state index contributed by atoms with van der Waals surface area (Å²) in [5, 5.41) is 9.17. The number of nitrogen functional groups attached to an aromatic ring is 1. The quantitative estimate of drug-likeness (QED) is 0.707. The lowest BCUT2D eigenvalue weighted by molar-refractivity contribution is 0.447. The number of halogens is 1. The highest BCUT2D eigenvalue weighted by Gasteiger charge is 2.03. The molecule has 94 valence electrons. The van der Waals surface area contributed by atoms with Crippen molar-refractivity contribution in [2.45, 2.75) is 12.8 Å². The summed E-state index contributed by atoms with van der Waals surface area (Å²) < 4.78 is 12.9. The second-order valence-corrected chi connectivity index (χ2v) is 3.91. The number of aromatic amines is 1. The molecular formula is C12H12FN3O2. The van der Waals surface area contributed by atoms with Crippen LogP contribution in [0.5, 0.6) is 5.88 Å². The molecule has 0 aliphatic heterocycles. The first-order valence-corrected chi connectivity index (χ1v) is 5.38. The first-order chi connectivity index (χ1) is 8.54. The van der Waals surface area contributed by atoms with Crippen LogP contribution in [0.25, 0.3) is 0 Å². The fraction of sp³-hybridized carbons (Fsp3) is 0.167. The van der Waals surface area contributed by atoms with Crippen molar-refractivity contribution in [3.8, 4) is 5.88 Å². The van der Waals surface area contributed by atoms with Crippen molar-refractivity contribution in [3.63, 3.8) is 0 Å². The van der Waals surface area contributed by atoms with E-state index in [9.17, 15) is 14.3 Å². The topological polar surface area (TPSA) is 92.0 Å². The van der Waals surface area contributed by atoms with Crippen LogP contribution < -0.4 is 11.3 Å². The third kappa shape index (κ3) is 2.85. The van der Waals surface area contributed by atoms with E-state index < -0.39 is 11.4 Å². The molecule has 0 aliphatic carbocycles. The molecule has 2 rings (SSSR count). The summed E-state index contributed by atoms with van der Waals surface area (Å²) in [6.45, 7) is 0. The van der Waals surface area contributed by atoms with Crippen molar-refractivity contribution in [1.82, 2.24) is 9.97 Å². The minimum atomic E-state index is -0.456. The Bertz CT molecular complexity index is 625. The summed E-state index contributed by atoms with van der Waals surface area (Å²) in [7, 11) is 0. The number of nitrogens with two attached hydrogens (primary N) is 1. The number of H-pyrrole nitrogens is 1. The van der Waals surface area contributed by atoms with Gasteiger partial charge < -0.3 is 15.8 Å². The maximum absolute atomic E-state index is 12.9. The van der Waals surface area contributed by atoms with Gasteiger partial charge in [-0.2, -0.15) is 0 Å². The number of aryl methyl sites for hydroxylation is 2. The number of nitrogens with one attached hydrogen (secondary N) is 1. The first-order valence-electron chi connectivity index (χ1n) is 5.38. The lowest BCUT2D eigenvalue weighted by Crippen LogP contribution is -2.10. The molecular weight excluding hydrogens is 237 g/mol. The van der Waals surface area contributed by atoms with E-state index in [2.05, 4.69) is 9.97 Å². The van der Waals surface area contributed by atoms with E-state index in [1.807, 2.05) is 0 Å². The zero-order valence-electron chi connectivity index (χ0n) is 9.48. The van der Waals surface area contributed by atoms with Gasteiger partial charge in [0, 0.05) is 6.42 Å². The minimum absolute atomic E-state index is 0.0878. The van der Waals surface area contributed by atoms with Gasteiger partial charge in [0.05, 0.1) is 11.8 Å². The Balaban J connectivity index is 2.11. The lowest BCUT2D eigenvalue weighted by Gasteiger charge is -2.03. The molecule has 1 heterocycles. The monoisotopic (exact) mass is 249 g/mol. The minimum Gasteiger partial charge on any atom is -0.493 e. The normalized spacial score (nSPS) is 10.5. The third-order valence-electron chi connectivity index (χ3n) is 2.49. The van der Waals surface area contributed by atoms with Crippen molar-refractivity contribution in [2.75, 3.05) is 5.73 Å². The Morgan fingerprint density at radius 2 is 2.11 bits per heavy atom. The largest absolute Gasteiger partial charge is 0.493 e. The van der Waals surface area contributed by atoms with E-state index in [-0.39, 0.29) is 11.6 Å². The summed E-state index contributed by atoms with van der Waals surface area (Å²) in [4.78, 5) is 17.4. The fourth-order valence-corrected chi connectivity index (χ4v) is 1.62. The SMILES string of the molecule is Nc1cc(CCc2nc(O)cc(=O)[nH]2)ccc1F. The number of nitrogens with zero attached hydrogens (tertiary/aromatic N) is 1. The van der Waals surface area contributed by atoms with Gasteiger partial charge in [-0.25, -0.2) is 9.37 Å². The molecule has 1 aromatic heterocycles. The molecule has 0 saturated carbocycles. The molecule has 0 spiro atoms. The van der Waals surface area contributed by atoms with E-state index in [0.717, 1.165) is 11.6 Å². The summed E-state index contributed by atoms with van der Waals surface area (Å²) in [5.41, 5.74) is 5.96. The molecule has 0 unspecified atom stereocenters. The molecule has 0 radical (unpaired) electrons. The number of benzene rings is 1. The highest BCUT2D eigenvalue weighted by atomic mass is 19.1. The fourth-order valence-electron chi connectivity index (χ4n) is 1.62. The van der Waals surface area contributed by atoms with Crippen LogP contribution in [0.2, 0.25) is 0 Å². The average molecular weight is 249 g/mol. The molecule has 6 heteroatoms. The van der Waals surface area contributed by atoms with E-state index in [0.29, 0.717) is 18.7 Å². The van der Waals surface area contributed by atoms with Crippen LogP contribution in [0.3, 0.4) is 0 Å². The summed E-state index contributed by atoms with van der Waals surface area (Å²) in [5.74, 6) is -0.391. The summed E-state index contributed by atoms with van der Waals surface area (Å²) in [6.07, 6.45) is 0.964. The zero-order chi connectivity index (χ0) is 13.1. The van der Waals surface area contributed by atoms with E-state index in [1.54, 1.807) is 6.07 Å². The molecule has 2 aromatic rings. The molecule has 4 N–H and O–H groups in total. The standard InChI is InChI=1S/C12H12FN3O2/c13-8-3-1-7(5-9(8)14)2-4-10-15-11(17)6-12(18)16-10/h1,3,5-6H,2,4,14H2,(H2,15,16,17,18). The van der Waals surface area contributed by atoms with Gasteiger partial charge in [0.15, 0.2) is 0 Å². The van der Waals surface area contributed by atoms with Gasteiger partial charge in [0.1, 0.15) is 11.6 Å². The van der Waals surface area contributed by atoms with Gasteiger partial charge in [-0.15, -0.1) is 0 Å². The average Bonchev–Trinajstić information content (AvgIpc) is 2.29. The van der Waals surface area contributed by atoms with Crippen LogP contribution in [0, 0.1) is 5.82 Å². The summed E-state index contributed by atoms with van der Waals surface area (Å²) >= 11 is 0. The second kappa shape index (κ2) is 4.87. The van der Waals surface area contributed by atoms with E-state index in [1.165, 1.54) is 12.1 Å². The highest BCUT2D eigenvalue weighted by Crippen LogP contribution is 2.13. The Kier molecular flexibility index (Phi) is 3.27. The van der Waals surface area contributed by atoms with Crippen molar-refractivity contribution in [3.05, 3.63) is 51.8 Å². The second-order valence-electron chi connectivity index (χ2n) is 3.91.